The molecule has 0 atom stereocenters. The lowest BCUT2D eigenvalue weighted by molar-refractivity contribution is 0.230. The van der Waals surface area contributed by atoms with Gasteiger partial charge in [0.25, 0.3) is 0 Å². The largest absolute Gasteiger partial charge is 0.494 e. The van der Waals surface area contributed by atoms with Crippen LogP contribution in [0.3, 0.4) is 0 Å². The summed E-state index contributed by atoms with van der Waals surface area (Å²) in [5.74, 6) is 1.07. The number of ether oxygens (including phenoxy) is 1. The minimum Gasteiger partial charge on any atom is -0.494 e. The maximum atomic E-state index is 5.40. The minimum atomic E-state index is 0.791. The molecule has 1 aliphatic heterocycles. The Balaban J connectivity index is 2.76. The van der Waals surface area contributed by atoms with Gasteiger partial charge in [0.1, 0.15) is 6.61 Å². The second-order valence-electron chi connectivity index (χ2n) is 2.68. The van der Waals surface area contributed by atoms with Crippen molar-refractivity contribution >= 4 is 0 Å². The van der Waals surface area contributed by atoms with Gasteiger partial charge in [-0.05, 0) is 31.4 Å². The number of rotatable bonds is 1. The van der Waals surface area contributed by atoms with Crippen molar-refractivity contribution in [3.05, 3.63) is 23.0 Å². The molecule has 0 aromatic heterocycles. The molecule has 0 unspecified atom stereocenters. The quantitative estimate of drug-likeness (QED) is 0.541. The highest BCUT2D eigenvalue weighted by Gasteiger charge is 2.05. The molecule has 0 fully saturated rings. The number of allylic oxidation sites excluding steroid dienone is 3. The second-order valence-corrected chi connectivity index (χ2v) is 2.68. The molecule has 0 aliphatic carbocycles. The Morgan fingerprint density at radius 1 is 1.50 bits per heavy atom. The Morgan fingerprint density at radius 3 is 2.70 bits per heavy atom. The molecule has 0 radical (unpaired) electrons. The van der Waals surface area contributed by atoms with Gasteiger partial charge in [0.05, 0.1) is 5.76 Å². The average Bonchev–Trinajstić information content (AvgIpc) is 1.95. The van der Waals surface area contributed by atoms with E-state index in [4.69, 9.17) is 4.74 Å². The molecule has 0 aromatic rings. The van der Waals surface area contributed by atoms with Crippen LogP contribution in [0.4, 0.5) is 0 Å². The van der Waals surface area contributed by atoms with E-state index in [2.05, 4.69) is 19.9 Å². The molecule has 1 rings (SSSR count). The van der Waals surface area contributed by atoms with Crippen molar-refractivity contribution in [2.45, 2.75) is 27.2 Å². The third-order valence-corrected chi connectivity index (χ3v) is 1.90. The monoisotopic (exact) mass is 138 g/mol. The maximum absolute atomic E-state index is 5.40. The SMILES string of the molecule is CCC1=CC(C)=C(C)OC1. The molecule has 10 heavy (non-hydrogen) atoms. The molecule has 1 heteroatoms. The van der Waals surface area contributed by atoms with Gasteiger partial charge in [0.2, 0.25) is 0 Å². The zero-order valence-corrected chi connectivity index (χ0v) is 6.90. The first-order chi connectivity index (χ1) is 4.74. The van der Waals surface area contributed by atoms with E-state index in [0.717, 1.165) is 18.8 Å². The fraction of sp³-hybridized carbons (Fsp3) is 0.556. The fourth-order valence-electron chi connectivity index (χ4n) is 0.968. The highest BCUT2D eigenvalue weighted by Crippen LogP contribution is 2.17. The summed E-state index contributed by atoms with van der Waals surface area (Å²) in [6.45, 7) is 7.05. The summed E-state index contributed by atoms with van der Waals surface area (Å²) in [5, 5.41) is 0. The molecule has 1 aliphatic rings. The van der Waals surface area contributed by atoms with E-state index < -0.39 is 0 Å². The van der Waals surface area contributed by atoms with Crippen molar-refractivity contribution in [3.8, 4) is 0 Å². The lowest BCUT2D eigenvalue weighted by Gasteiger charge is -2.15. The van der Waals surface area contributed by atoms with Crippen LogP contribution in [0.2, 0.25) is 0 Å². The third kappa shape index (κ3) is 1.41. The molecular formula is C9H14O. The van der Waals surface area contributed by atoms with Crippen LogP contribution in [0, 0.1) is 0 Å². The molecule has 0 bridgehead atoms. The first kappa shape index (κ1) is 7.39. The van der Waals surface area contributed by atoms with Crippen LogP contribution in [0.5, 0.6) is 0 Å². The summed E-state index contributed by atoms with van der Waals surface area (Å²) in [7, 11) is 0. The Bertz CT molecular complexity index is 187. The van der Waals surface area contributed by atoms with Gasteiger partial charge < -0.3 is 4.74 Å². The zero-order chi connectivity index (χ0) is 7.56. The van der Waals surface area contributed by atoms with Gasteiger partial charge in [0.15, 0.2) is 0 Å². The van der Waals surface area contributed by atoms with Gasteiger partial charge in [0, 0.05) is 0 Å². The Kier molecular flexibility index (Phi) is 2.15. The maximum Gasteiger partial charge on any atom is 0.109 e. The van der Waals surface area contributed by atoms with Gasteiger partial charge in [-0.2, -0.15) is 0 Å². The van der Waals surface area contributed by atoms with Crippen molar-refractivity contribution in [2.75, 3.05) is 6.61 Å². The van der Waals surface area contributed by atoms with Gasteiger partial charge >= 0.3 is 0 Å². The molecule has 0 spiro atoms. The van der Waals surface area contributed by atoms with Gasteiger partial charge in [-0.3, -0.25) is 0 Å². The van der Waals surface area contributed by atoms with Gasteiger partial charge in [-0.25, -0.2) is 0 Å². The van der Waals surface area contributed by atoms with Crippen molar-refractivity contribution in [2.24, 2.45) is 0 Å². The van der Waals surface area contributed by atoms with E-state index in [1.165, 1.54) is 11.1 Å². The summed E-state index contributed by atoms with van der Waals surface area (Å²) in [5.41, 5.74) is 2.66. The molecule has 0 saturated carbocycles. The fourth-order valence-corrected chi connectivity index (χ4v) is 0.968. The lowest BCUT2D eigenvalue weighted by Crippen LogP contribution is -2.03. The van der Waals surface area contributed by atoms with Crippen LogP contribution >= 0.6 is 0 Å². The first-order valence-electron chi connectivity index (χ1n) is 3.73. The van der Waals surface area contributed by atoms with Gasteiger partial charge in [-0.15, -0.1) is 0 Å². The highest BCUT2D eigenvalue weighted by molar-refractivity contribution is 5.27. The van der Waals surface area contributed by atoms with Crippen LogP contribution in [0.25, 0.3) is 0 Å². The predicted molar refractivity (Wildman–Crippen MR) is 42.7 cm³/mol. The number of hydrogen-bond acceptors (Lipinski definition) is 1. The van der Waals surface area contributed by atoms with Crippen molar-refractivity contribution in [1.29, 1.82) is 0 Å². The summed E-state index contributed by atoms with van der Waals surface area (Å²) in [6.07, 6.45) is 3.32. The van der Waals surface area contributed by atoms with Crippen molar-refractivity contribution < 1.29 is 4.74 Å². The van der Waals surface area contributed by atoms with Crippen LogP contribution in [0.1, 0.15) is 27.2 Å². The van der Waals surface area contributed by atoms with Crippen molar-refractivity contribution in [3.63, 3.8) is 0 Å². The topological polar surface area (TPSA) is 9.23 Å². The van der Waals surface area contributed by atoms with E-state index >= 15 is 0 Å². The molecule has 0 saturated heterocycles. The van der Waals surface area contributed by atoms with Crippen LogP contribution in [-0.4, -0.2) is 6.61 Å². The number of hydrogen-bond donors (Lipinski definition) is 0. The van der Waals surface area contributed by atoms with E-state index in [-0.39, 0.29) is 0 Å². The summed E-state index contributed by atoms with van der Waals surface area (Å²) in [6, 6.07) is 0. The van der Waals surface area contributed by atoms with E-state index in [9.17, 15) is 0 Å². The molecule has 0 amide bonds. The minimum absolute atomic E-state index is 0.791. The van der Waals surface area contributed by atoms with Crippen molar-refractivity contribution in [1.82, 2.24) is 0 Å². The molecule has 1 heterocycles. The van der Waals surface area contributed by atoms with E-state index in [1.54, 1.807) is 0 Å². The van der Waals surface area contributed by atoms with E-state index in [0.29, 0.717) is 0 Å². The molecule has 56 valence electrons. The smallest absolute Gasteiger partial charge is 0.109 e. The summed E-state index contributed by atoms with van der Waals surface area (Å²) >= 11 is 0. The second kappa shape index (κ2) is 2.91. The Hall–Kier alpha value is -0.720. The summed E-state index contributed by atoms with van der Waals surface area (Å²) < 4.78 is 5.40. The van der Waals surface area contributed by atoms with Crippen LogP contribution < -0.4 is 0 Å². The first-order valence-corrected chi connectivity index (χ1v) is 3.73. The zero-order valence-electron chi connectivity index (χ0n) is 6.90. The Labute approximate surface area is 62.4 Å². The lowest BCUT2D eigenvalue weighted by atomic mass is 10.1. The van der Waals surface area contributed by atoms with Crippen LogP contribution in [0.15, 0.2) is 23.0 Å². The standard InChI is InChI=1S/C9H14O/c1-4-9-5-7(2)8(3)10-6-9/h5H,4,6H2,1-3H3. The Morgan fingerprint density at radius 2 is 2.20 bits per heavy atom. The molecule has 1 nitrogen and oxygen atoms in total. The van der Waals surface area contributed by atoms with E-state index in [1.807, 2.05) is 6.92 Å². The highest BCUT2D eigenvalue weighted by atomic mass is 16.5. The van der Waals surface area contributed by atoms with Crippen LogP contribution in [-0.2, 0) is 4.74 Å². The summed E-state index contributed by atoms with van der Waals surface area (Å²) in [4.78, 5) is 0. The third-order valence-electron chi connectivity index (χ3n) is 1.90. The molecule has 0 aromatic carbocycles. The molecular weight excluding hydrogens is 124 g/mol. The average molecular weight is 138 g/mol. The molecule has 0 N–H and O–H groups in total. The van der Waals surface area contributed by atoms with Gasteiger partial charge in [-0.1, -0.05) is 13.0 Å². The normalized spacial score (nSPS) is 18.5. The predicted octanol–water partition coefficient (Wildman–Crippen LogP) is 2.65.